The third kappa shape index (κ3) is 2.36. The maximum Gasteiger partial charge on any atom is 0.213 e. The first kappa shape index (κ1) is 12.6. The number of carbonyl (C=O) groups is 2. The van der Waals surface area contributed by atoms with E-state index in [0.717, 1.165) is 5.69 Å². The lowest BCUT2D eigenvalue weighted by atomic mass is 10.1. The van der Waals surface area contributed by atoms with Crippen LogP contribution in [-0.4, -0.2) is 19.2 Å². The molecule has 0 bridgehead atoms. The predicted molar refractivity (Wildman–Crippen MR) is 70.7 cm³/mol. The number of benzene rings is 1. The van der Waals surface area contributed by atoms with E-state index in [4.69, 9.17) is 4.42 Å². The molecular formula is C13H10BrNO3. The summed E-state index contributed by atoms with van der Waals surface area (Å²) in [6.45, 7) is 0. The Hall–Kier alpha value is -1.88. The standard InChI is InChI=1S/C13H10BrNO3/c1-15(8-16)10-4-2-9(3-5-10)12(17)11-6-7-18-13(11)14/h2-8H,1H3. The van der Waals surface area contributed by atoms with Gasteiger partial charge in [-0.05, 0) is 46.3 Å². The maximum atomic E-state index is 12.1. The molecule has 0 aliphatic rings. The van der Waals surface area contributed by atoms with Crippen molar-refractivity contribution < 1.29 is 14.0 Å². The molecule has 1 aromatic heterocycles. The van der Waals surface area contributed by atoms with Crippen molar-refractivity contribution in [3.8, 4) is 0 Å². The molecule has 18 heavy (non-hydrogen) atoms. The van der Waals surface area contributed by atoms with Crippen molar-refractivity contribution in [2.75, 3.05) is 11.9 Å². The number of amides is 1. The van der Waals surface area contributed by atoms with Gasteiger partial charge in [0.25, 0.3) is 0 Å². The monoisotopic (exact) mass is 307 g/mol. The fraction of sp³-hybridized carbons (Fsp3) is 0.0769. The van der Waals surface area contributed by atoms with E-state index in [0.29, 0.717) is 22.2 Å². The maximum absolute atomic E-state index is 12.1. The van der Waals surface area contributed by atoms with Crippen LogP contribution in [-0.2, 0) is 4.79 Å². The Balaban J connectivity index is 2.28. The number of ketones is 1. The minimum Gasteiger partial charge on any atom is -0.457 e. The van der Waals surface area contributed by atoms with E-state index in [1.165, 1.54) is 11.2 Å². The number of carbonyl (C=O) groups excluding carboxylic acids is 2. The van der Waals surface area contributed by atoms with Crippen LogP contribution in [0.25, 0.3) is 0 Å². The van der Waals surface area contributed by atoms with Crippen LogP contribution >= 0.6 is 15.9 Å². The normalized spacial score (nSPS) is 10.1. The van der Waals surface area contributed by atoms with E-state index in [-0.39, 0.29) is 5.78 Å². The Bertz CT molecular complexity index is 574. The van der Waals surface area contributed by atoms with Crippen LogP contribution in [0.1, 0.15) is 15.9 Å². The van der Waals surface area contributed by atoms with Crippen LogP contribution in [0.2, 0.25) is 0 Å². The second-order valence-corrected chi connectivity index (χ2v) is 4.42. The Morgan fingerprint density at radius 1 is 1.28 bits per heavy atom. The van der Waals surface area contributed by atoms with E-state index in [2.05, 4.69) is 15.9 Å². The van der Waals surface area contributed by atoms with Gasteiger partial charge in [0.2, 0.25) is 6.41 Å². The van der Waals surface area contributed by atoms with Crippen LogP contribution < -0.4 is 4.90 Å². The molecule has 1 aromatic carbocycles. The summed E-state index contributed by atoms with van der Waals surface area (Å²) in [4.78, 5) is 24.1. The molecule has 5 heteroatoms. The molecular weight excluding hydrogens is 298 g/mol. The lowest BCUT2D eigenvalue weighted by molar-refractivity contribution is -0.107. The average molecular weight is 308 g/mol. The van der Waals surface area contributed by atoms with Crippen molar-refractivity contribution >= 4 is 33.8 Å². The fourth-order valence-electron chi connectivity index (χ4n) is 1.52. The van der Waals surface area contributed by atoms with Gasteiger partial charge in [-0.15, -0.1) is 0 Å². The molecule has 0 saturated carbocycles. The van der Waals surface area contributed by atoms with E-state index >= 15 is 0 Å². The Kier molecular flexibility index (Phi) is 3.62. The largest absolute Gasteiger partial charge is 0.457 e. The summed E-state index contributed by atoms with van der Waals surface area (Å²) in [5.74, 6) is -0.129. The second-order valence-electron chi connectivity index (χ2n) is 3.70. The molecule has 0 aliphatic heterocycles. The first-order valence-corrected chi connectivity index (χ1v) is 5.98. The van der Waals surface area contributed by atoms with Crippen LogP contribution in [0.5, 0.6) is 0 Å². The summed E-state index contributed by atoms with van der Waals surface area (Å²) < 4.78 is 5.45. The molecule has 0 saturated heterocycles. The molecule has 2 rings (SSSR count). The highest BCUT2D eigenvalue weighted by Gasteiger charge is 2.14. The van der Waals surface area contributed by atoms with E-state index in [1.807, 2.05) is 0 Å². The van der Waals surface area contributed by atoms with E-state index in [1.54, 1.807) is 37.4 Å². The van der Waals surface area contributed by atoms with Gasteiger partial charge in [0, 0.05) is 18.3 Å². The number of halogens is 1. The predicted octanol–water partition coefficient (Wildman–Crippen LogP) is 2.87. The van der Waals surface area contributed by atoms with Gasteiger partial charge in [-0.25, -0.2) is 0 Å². The Morgan fingerprint density at radius 2 is 1.94 bits per heavy atom. The number of rotatable bonds is 4. The SMILES string of the molecule is CN(C=O)c1ccc(C(=O)c2ccoc2Br)cc1. The molecule has 0 aliphatic carbocycles. The third-order valence-corrected chi connectivity index (χ3v) is 3.17. The minimum atomic E-state index is -0.129. The molecule has 0 fully saturated rings. The molecule has 0 atom stereocenters. The van der Waals surface area contributed by atoms with Crippen molar-refractivity contribution in [1.82, 2.24) is 0 Å². The van der Waals surface area contributed by atoms with Gasteiger partial charge < -0.3 is 9.32 Å². The van der Waals surface area contributed by atoms with Crippen molar-refractivity contribution in [2.24, 2.45) is 0 Å². The summed E-state index contributed by atoms with van der Waals surface area (Å²) in [7, 11) is 1.65. The van der Waals surface area contributed by atoms with Crippen molar-refractivity contribution in [1.29, 1.82) is 0 Å². The first-order valence-electron chi connectivity index (χ1n) is 5.19. The number of hydrogen-bond acceptors (Lipinski definition) is 3. The third-order valence-electron chi connectivity index (χ3n) is 2.56. The van der Waals surface area contributed by atoms with Crippen LogP contribution in [0.3, 0.4) is 0 Å². The highest BCUT2D eigenvalue weighted by atomic mass is 79.9. The summed E-state index contributed by atoms with van der Waals surface area (Å²) in [5, 5.41) is 0. The Labute approximate surface area is 112 Å². The zero-order valence-corrected chi connectivity index (χ0v) is 11.2. The van der Waals surface area contributed by atoms with Gasteiger partial charge in [-0.1, -0.05) is 0 Å². The number of furan rings is 1. The minimum absolute atomic E-state index is 0.129. The van der Waals surface area contributed by atoms with Gasteiger partial charge >= 0.3 is 0 Å². The highest BCUT2D eigenvalue weighted by Crippen LogP contribution is 2.22. The number of anilines is 1. The van der Waals surface area contributed by atoms with Crippen molar-refractivity contribution in [3.63, 3.8) is 0 Å². The van der Waals surface area contributed by atoms with Gasteiger partial charge in [0.1, 0.15) is 0 Å². The molecule has 2 aromatic rings. The van der Waals surface area contributed by atoms with Crippen molar-refractivity contribution in [2.45, 2.75) is 0 Å². The summed E-state index contributed by atoms with van der Waals surface area (Å²) in [6.07, 6.45) is 2.16. The highest BCUT2D eigenvalue weighted by molar-refractivity contribution is 9.10. The second kappa shape index (κ2) is 5.18. The van der Waals surface area contributed by atoms with Crippen LogP contribution in [0, 0.1) is 0 Å². The smallest absolute Gasteiger partial charge is 0.213 e. The van der Waals surface area contributed by atoms with Crippen LogP contribution in [0.15, 0.2) is 45.7 Å². The van der Waals surface area contributed by atoms with E-state index < -0.39 is 0 Å². The van der Waals surface area contributed by atoms with E-state index in [9.17, 15) is 9.59 Å². The number of nitrogens with zero attached hydrogens (tertiary/aromatic N) is 1. The summed E-state index contributed by atoms with van der Waals surface area (Å²) >= 11 is 3.17. The average Bonchev–Trinajstić information content (AvgIpc) is 2.83. The number of hydrogen-bond donors (Lipinski definition) is 0. The van der Waals surface area contributed by atoms with Gasteiger partial charge in [0.15, 0.2) is 10.5 Å². The molecule has 0 unspecified atom stereocenters. The summed E-state index contributed by atoms with van der Waals surface area (Å²) in [6, 6.07) is 8.40. The molecule has 1 amide bonds. The zero-order chi connectivity index (χ0) is 13.1. The summed E-state index contributed by atoms with van der Waals surface area (Å²) in [5.41, 5.74) is 1.75. The molecule has 0 N–H and O–H groups in total. The molecule has 0 radical (unpaired) electrons. The van der Waals surface area contributed by atoms with Gasteiger partial charge in [-0.2, -0.15) is 0 Å². The Morgan fingerprint density at radius 3 is 2.44 bits per heavy atom. The van der Waals surface area contributed by atoms with Crippen molar-refractivity contribution in [3.05, 3.63) is 52.4 Å². The molecule has 92 valence electrons. The van der Waals surface area contributed by atoms with Gasteiger partial charge in [0.05, 0.1) is 11.8 Å². The van der Waals surface area contributed by atoms with Crippen LogP contribution in [0.4, 0.5) is 5.69 Å². The molecule has 0 spiro atoms. The lowest BCUT2D eigenvalue weighted by Crippen LogP contribution is -2.13. The molecule has 1 heterocycles. The fourth-order valence-corrected chi connectivity index (χ4v) is 1.94. The van der Waals surface area contributed by atoms with Gasteiger partial charge in [-0.3, -0.25) is 9.59 Å². The lowest BCUT2D eigenvalue weighted by Gasteiger charge is -2.10. The zero-order valence-electron chi connectivity index (χ0n) is 9.59. The topological polar surface area (TPSA) is 50.5 Å². The molecule has 4 nitrogen and oxygen atoms in total. The quantitative estimate of drug-likeness (QED) is 0.644. The first-order chi connectivity index (χ1) is 8.63.